The van der Waals surface area contributed by atoms with E-state index in [4.69, 9.17) is 4.74 Å². The maximum absolute atomic E-state index is 12.7. The molecule has 0 aliphatic rings. The Balaban J connectivity index is 1.73. The van der Waals surface area contributed by atoms with Crippen LogP contribution in [0.5, 0.6) is 5.75 Å². The zero-order chi connectivity index (χ0) is 19.4. The van der Waals surface area contributed by atoms with Gasteiger partial charge in [0.1, 0.15) is 5.75 Å². The van der Waals surface area contributed by atoms with Gasteiger partial charge in [-0.3, -0.25) is 9.48 Å². The molecule has 3 aromatic rings. The molecule has 0 saturated heterocycles. The highest BCUT2D eigenvalue weighted by molar-refractivity contribution is 5.94. The second kappa shape index (κ2) is 8.08. The molecular weight excluding hydrogens is 338 g/mol. The van der Waals surface area contributed by atoms with Crippen LogP contribution in [-0.2, 0) is 13.1 Å². The minimum atomic E-state index is -0.00894. The van der Waals surface area contributed by atoms with Crippen molar-refractivity contribution in [1.82, 2.24) is 14.7 Å². The molecule has 0 bridgehead atoms. The average Bonchev–Trinajstić information content (AvgIpc) is 3.08. The van der Waals surface area contributed by atoms with Crippen LogP contribution in [0.15, 0.2) is 54.7 Å². The van der Waals surface area contributed by atoms with Crippen molar-refractivity contribution in [3.63, 3.8) is 0 Å². The third-order valence-electron chi connectivity index (χ3n) is 4.75. The first kappa shape index (κ1) is 18.7. The molecule has 2 aromatic carbocycles. The minimum Gasteiger partial charge on any atom is -0.497 e. The van der Waals surface area contributed by atoms with Crippen LogP contribution in [0.3, 0.4) is 0 Å². The monoisotopic (exact) mass is 363 g/mol. The quantitative estimate of drug-likeness (QED) is 0.661. The number of aromatic nitrogens is 2. The number of aryl methyl sites for hydroxylation is 1. The number of benzene rings is 2. The summed E-state index contributed by atoms with van der Waals surface area (Å²) in [5.41, 5.74) is 5.00. The molecule has 140 valence electrons. The van der Waals surface area contributed by atoms with E-state index in [0.29, 0.717) is 12.1 Å². The first-order valence-electron chi connectivity index (χ1n) is 9.04. The molecule has 5 heteroatoms. The van der Waals surface area contributed by atoms with Gasteiger partial charge < -0.3 is 9.64 Å². The van der Waals surface area contributed by atoms with Crippen LogP contribution < -0.4 is 4.74 Å². The molecule has 0 radical (unpaired) electrons. The summed E-state index contributed by atoms with van der Waals surface area (Å²) in [6.07, 6.45) is 1.88. The Bertz CT molecular complexity index is 929. The van der Waals surface area contributed by atoms with E-state index in [-0.39, 0.29) is 5.91 Å². The Morgan fingerprint density at radius 3 is 2.56 bits per heavy atom. The highest BCUT2D eigenvalue weighted by Gasteiger charge is 2.14. The van der Waals surface area contributed by atoms with Gasteiger partial charge >= 0.3 is 0 Å². The number of amides is 1. The first-order valence-corrected chi connectivity index (χ1v) is 9.04. The number of hydrogen-bond donors (Lipinski definition) is 0. The van der Waals surface area contributed by atoms with Crippen molar-refractivity contribution >= 4 is 5.91 Å². The van der Waals surface area contributed by atoms with Gasteiger partial charge in [-0.15, -0.1) is 0 Å². The molecule has 1 heterocycles. The smallest absolute Gasteiger partial charge is 0.253 e. The summed E-state index contributed by atoms with van der Waals surface area (Å²) in [6, 6.07) is 15.5. The van der Waals surface area contributed by atoms with Crippen LogP contribution in [0.2, 0.25) is 0 Å². The summed E-state index contributed by atoms with van der Waals surface area (Å²) in [5, 5.41) is 4.39. The predicted molar refractivity (Wildman–Crippen MR) is 107 cm³/mol. The summed E-state index contributed by atoms with van der Waals surface area (Å²) in [7, 11) is 3.45. The fraction of sp³-hybridized carbons (Fsp3) is 0.273. The molecule has 3 rings (SSSR count). The highest BCUT2D eigenvalue weighted by atomic mass is 16.5. The lowest BCUT2D eigenvalue weighted by atomic mass is 10.0. The van der Waals surface area contributed by atoms with E-state index in [9.17, 15) is 4.79 Å². The first-order chi connectivity index (χ1) is 13.0. The van der Waals surface area contributed by atoms with Crippen LogP contribution in [0.4, 0.5) is 0 Å². The van der Waals surface area contributed by atoms with Gasteiger partial charge in [-0.1, -0.05) is 24.3 Å². The number of ether oxygens (including phenoxy) is 1. The standard InChI is InChI=1S/C22H25N3O2/c1-5-25-16(2)21(14-23-25)18-9-11-19(12-10-18)22(26)24(3)15-17-7-6-8-20(13-17)27-4/h6-14H,5,15H2,1-4H3. The molecule has 0 saturated carbocycles. The van der Waals surface area contributed by atoms with Crippen LogP contribution in [0.25, 0.3) is 11.1 Å². The number of nitrogens with zero attached hydrogens (tertiary/aromatic N) is 3. The maximum atomic E-state index is 12.7. The minimum absolute atomic E-state index is 0.00894. The van der Waals surface area contributed by atoms with E-state index in [1.54, 1.807) is 12.0 Å². The number of hydrogen-bond acceptors (Lipinski definition) is 3. The third-order valence-corrected chi connectivity index (χ3v) is 4.75. The van der Waals surface area contributed by atoms with Gasteiger partial charge in [0.25, 0.3) is 5.91 Å². The molecule has 0 atom stereocenters. The van der Waals surface area contributed by atoms with E-state index < -0.39 is 0 Å². The lowest BCUT2D eigenvalue weighted by Gasteiger charge is -2.18. The largest absolute Gasteiger partial charge is 0.497 e. The molecule has 0 spiro atoms. The lowest BCUT2D eigenvalue weighted by Crippen LogP contribution is -2.26. The van der Waals surface area contributed by atoms with Crippen LogP contribution in [0, 0.1) is 6.92 Å². The van der Waals surface area contributed by atoms with Crippen LogP contribution in [-0.4, -0.2) is 34.7 Å². The van der Waals surface area contributed by atoms with E-state index in [0.717, 1.165) is 34.7 Å². The van der Waals surface area contributed by atoms with Gasteiger partial charge in [0.05, 0.1) is 13.3 Å². The second-order valence-electron chi connectivity index (χ2n) is 6.55. The average molecular weight is 363 g/mol. The summed E-state index contributed by atoms with van der Waals surface area (Å²) in [5.74, 6) is 0.783. The summed E-state index contributed by atoms with van der Waals surface area (Å²) < 4.78 is 7.21. The number of carbonyl (C=O) groups is 1. The van der Waals surface area contributed by atoms with Crippen molar-refractivity contribution in [2.75, 3.05) is 14.2 Å². The lowest BCUT2D eigenvalue weighted by molar-refractivity contribution is 0.0785. The van der Waals surface area contributed by atoms with E-state index in [1.165, 1.54) is 0 Å². The molecule has 27 heavy (non-hydrogen) atoms. The van der Waals surface area contributed by atoms with Gasteiger partial charge in [-0.05, 0) is 49.2 Å². The van der Waals surface area contributed by atoms with Crippen molar-refractivity contribution in [3.8, 4) is 16.9 Å². The zero-order valence-corrected chi connectivity index (χ0v) is 16.3. The Hall–Kier alpha value is -3.08. The Morgan fingerprint density at radius 2 is 1.93 bits per heavy atom. The van der Waals surface area contributed by atoms with Gasteiger partial charge in [-0.25, -0.2) is 0 Å². The number of carbonyl (C=O) groups excluding carboxylic acids is 1. The molecule has 1 aromatic heterocycles. The third kappa shape index (κ3) is 4.03. The van der Waals surface area contributed by atoms with Crippen molar-refractivity contribution < 1.29 is 9.53 Å². The molecular formula is C22H25N3O2. The maximum Gasteiger partial charge on any atom is 0.253 e. The van der Waals surface area contributed by atoms with Crippen molar-refractivity contribution in [2.24, 2.45) is 0 Å². The van der Waals surface area contributed by atoms with Gasteiger partial charge in [0.2, 0.25) is 0 Å². The topological polar surface area (TPSA) is 47.4 Å². The highest BCUT2D eigenvalue weighted by Crippen LogP contribution is 2.24. The summed E-state index contributed by atoms with van der Waals surface area (Å²) >= 11 is 0. The number of rotatable bonds is 6. The summed E-state index contributed by atoms with van der Waals surface area (Å²) in [6.45, 7) is 5.51. The Labute approximate surface area is 160 Å². The van der Waals surface area contributed by atoms with E-state index in [1.807, 2.05) is 66.5 Å². The number of methoxy groups -OCH3 is 1. The fourth-order valence-corrected chi connectivity index (χ4v) is 3.18. The van der Waals surface area contributed by atoms with Crippen LogP contribution >= 0.6 is 0 Å². The molecule has 1 amide bonds. The second-order valence-corrected chi connectivity index (χ2v) is 6.55. The molecule has 0 N–H and O–H groups in total. The Kier molecular flexibility index (Phi) is 5.60. The predicted octanol–water partition coefficient (Wildman–Crippen LogP) is 4.16. The zero-order valence-electron chi connectivity index (χ0n) is 16.3. The molecule has 0 aliphatic heterocycles. The van der Waals surface area contributed by atoms with Crippen molar-refractivity contribution in [1.29, 1.82) is 0 Å². The van der Waals surface area contributed by atoms with Crippen molar-refractivity contribution in [3.05, 3.63) is 71.5 Å². The van der Waals surface area contributed by atoms with Crippen molar-refractivity contribution in [2.45, 2.75) is 26.9 Å². The molecule has 0 unspecified atom stereocenters. The molecule has 0 aliphatic carbocycles. The van der Waals surface area contributed by atoms with E-state index in [2.05, 4.69) is 18.9 Å². The SMILES string of the molecule is CCn1ncc(-c2ccc(C(=O)N(C)Cc3cccc(OC)c3)cc2)c1C. The summed E-state index contributed by atoms with van der Waals surface area (Å²) in [4.78, 5) is 14.5. The normalized spacial score (nSPS) is 10.7. The fourth-order valence-electron chi connectivity index (χ4n) is 3.18. The van der Waals surface area contributed by atoms with Gasteiger partial charge in [0, 0.05) is 37.0 Å². The molecule has 0 fully saturated rings. The molecule has 5 nitrogen and oxygen atoms in total. The van der Waals surface area contributed by atoms with Crippen LogP contribution in [0.1, 0.15) is 28.5 Å². The van der Waals surface area contributed by atoms with E-state index >= 15 is 0 Å². The Morgan fingerprint density at radius 1 is 1.19 bits per heavy atom. The van der Waals surface area contributed by atoms with Gasteiger partial charge in [-0.2, -0.15) is 5.10 Å². The van der Waals surface area contributed by atoms with Gasteiger partial charge in [0.15, 0.2) is 0 Å².